The van der Waals surface area contributed by atoms with Crippen molar-refractivity contribution < 1.29 is 9.53 Å². The summed E-state index contributed by atoms with van der Waals surface area (Å²) in [5.74, 6) is 0.402. The zero-order chi connectivity index (χ0) is 14.8. The van der Waals surface area contributed by atoms with Gasteiger partial charge in [0.05, 0.1) is 5.02 Å². The van der Waals surface area contributed by atoms with Crippen LogP contribution in [0.15, 0.2) is 53.1 Å². The summed E-state index contributed by atoms with van der Waals surface area (Å²) in [6, 6.07) is 12.9. The van der Waals surface area contributed by atoms with E-state index in [0.29, 0.717) is 16.3 Å². The van der Waals surface area contributed by atoms with E-state index in [9.17, 15) is 4.79 Å². The molecule has 21 heavy (non-hydrogen) atoms. The van der Waals surface area contributed by atoms with E-state index >= 15 is 0 Å². The average molecular weight is 365 g/mol. The van der Waals surface area contributed by atoms with E-state index in [0.717, 1.165) is 15.4 Å². The van der Waals surface area contributed by atoms with Crippen molar-refractivity contribution >= 4 is 44.2 Å². The van der Waals surface area contributed by atoms with Crippen LogP contribution < -0.4 is 4.74 Å². The van der Waals surface area contributed by atoms with Gasteiger partial charge in [-0.2, -0.15) is 0 Å². The van der Waals surface area contributed by atoms with Gasteiger partial charge < -0.3 is 9.72 Å². The molecule has 1 N–H and O–H groups in total. The van der Waals surface area contributed by atoms with Crippen LogP contribution in [0, 0.1) is 0 Å². The molecule has 106 valence electrons. The number of H-pyrrole nitrogens is 1. The molecule has 0 saturated heterocycles. The minimum Gasteiger partial charge on any atom is -0.484 e. The molecule has 0 bridgehead atoms. The predicted octanol–water partition coefficient (Wildman–Crippen LogP) is 4.85. The summed E-state index contributed by atoms with van der Waals surface area (Å²) in [6.07, 6.45) is 1.71. The molecule has 0 fully saturated rings. The number of benzene rings is 2. The summed E-state index contributed by atoms with van der Waals surface area (Å²) in [5.41, 5.74) is 1.56. The minimum absolute atomic E-state index is 0.0524. The Morgan fingerprint density at radius 1 is 1.24 bits per heavy atom. The van der Waals surface area contributed by atoms with Crippen LogP contribution >= 0.6 is 27.5 Å². The van der Waals surface area contributed by atoms with E-state index in [4.69, 9.17) is 16.3 Å². The van der Waals surface area contributed by atoms with E-state index in [1.807, 2.05) is 30.3 Å². The number of Topliss-reactive ketones (excluding diaryl/α,β-unsaturated/α-hetero) is 1. The van der Waals surface area contributed by atoms with Crippen LogP contribution in [0.2, 0.25) is 5.02 Å². The summed E-state index contributed by atoms with van der Waals surface area (Å²) >= 11 is 9.38. The molecule has 1 heterocycles. The average Bonchev–Trinajstić information content (AvgIpc) is 2.90. The van der Waals surface area contributed by atoms with E-state index in [-0.39, 0.29) is 12.4 Å². The molecule has 0 saturated carbocycles. The normalized spacial score (nSPS) is 10.8. The Hall–Kier alpha value is -1.78. The number of hydrogen-bond acceptors (Lipinski definition) is 2. The predicted molar refractivity (Wildman–Crippen MR) is 87.3 cm³/mol. The lowest BCUT2D eigenvalue weighted by molar-refractivity contribution is 0.0923. The maximum absolute atomic E-state index is 12.3. The number of nitrogens with one attached hydrogen (secondary N) is 1. The van der Waals surface area contributed by atoms with Crippen LogP contribution in [-0.2, 0) is 0 Å². The SMILES string of the molecule is O=C(COc1ccc(Br)cc1Cl)c1c[nH]c2ccccc12. The van der Waals surface area contributed by atoms with Crippen molar-refractivity contribution in [1.29, 1.82) is 0 Å². The number of rotatable bonds is 4. The number of carbonyl (C=O) groups is 1. The molecule has 0 amide bonds. The molecule has 2 aromatic carbocycles. The van der Waals surface area contributed by atoms with Gasteiger partial charge in [0.25, 0.3) is 0 Å². The first-order valence-corrected chi connectivity index (χ1v) is 7.49. The molecule has 3 rings (SSSR count). The maximum atomic E-state index is 12.3. The van der Waals surface area contributed by atoms with Crippen LogP contribution in [0.25, 0.3) is 10.9 Å². The third-order valence-corrected chi connectivity index (χ3v) is 3.93. The molecule has 0 atom stereocenters. The van der Waals surface area contributed by atoms with Crippen LogP contribution in [0.4, 0.5) is 0 Å². The van der Waals surface area contributed by atoms with Gasteiger partial charge in [-0.1, -0.05) is 45.7 Å². The third kappa shape index (κ3) is 2.96. The summed E-state index contributed by atoms with van der Waals surface area (Å²) in [6.45, 7) is -0.0524. The standard InChI is InChI=1S/C16H11BrClNO2/c17-10-5-6-16(13(18)7-10)21-9-15(20)12-8-19-14-4-2-1-3-11(12)14/h1-8,19H,9H2. The van der Waals surface area contributed by atoms with Gasteiger partial charge in [-0.15, -0.1) is 0 Å². The van der Waals surface area contributed by atoms with Crippen LogP contribution in [-0.4, -0.2) is 17.4 Å². The van der Waals surface area contributed by atoms with Crippen LogP contribution in [0.5, 0.6) is 5.75 Å². The van der Waals surface area contributed by atoms with Crippen LogP contribution in [0.1, 0.15) is 10.4 Å². The number of para-hydroxylation sites is 1. The van der Waals surface area contributed by atoms with Crippen molar-refractivity contribution in [2.45, 2.75) is 0 Å². The zero-order valence-corrected chi connectivity index (χ0v) is 13.2. The first-order valence-electron chi connectivity index (χ1n) is 6.32. The number of ketones is 1. The molecule has 0 spiro atoms. The Morgan fingerprint density at radius 2 is 2.05 bits per heavy atom. The van der Waals surface area contributed by atoms with E-state index in [2.05, 4.69) is 20.9 Å². The first kappa shape index (κ1) is 14.2. The van der Waals surface area contributed by atoms with Crippen molar-refractivity contribution in [3.63, 3.8) is 0 Å². The van der Waals surface area contributed by atoms with Crippen molar-refractivity contribution in [3.05, 3.63) is 63.7 Å². The Labute approximate surface area is 135 Å². The van der Waals surface area contributed by atoms with Crippen LogP contribution in [0.3, 0.4) is 0 Å². The van der Waals surface area contributed by atoms with Gasteiger partial charge in [0.2, 0.25) is 5.78 Å². The highest BCUT2D eigenvalue weighted by Gasteiger charge is 2.13. The lowest BCUT2D eigenvalue weighted by Crippen LogP contribution is -2.11. The van der Waals surface area contributed by atoms with E-state index < -0.39 is 0 Å². The Balaban J connectivity index is 1.77. The molecular formula is C16H11BrClNO2. The first-order chi connectivity index (χ1) is 10.1. The molecule has 0 radical (unpaired) electrons. The second-order valence-electron chi connectivity index (χ2n) is 4.53. The highest BCUT2D eigenvalue weighted by Crippen LogP contribution is 2.28. The lowest BCUT2D eigenvalue weighted by atomic mass is 10.1. The third-order valence-electron chi connectivity index (χ3n) is 3.14. The van der Waals surface area contributed by atoms with Gasteiger partial charge in [0.1, 0.15) is 5.75 Å². The molecule has 3 aromatic rings. The lowest BCUT2D eigenvalue weighted by Gasteiger charge is -2.07. The maximum Gasteiger partial charge on any atom is 0.202 e. The van der Waals surface area contributed by atoms with Crippen molar-refractivity contribution in [3.8, 4) is 5.75 Å². The van der Waals surface area contributed by atoms with Gasteiger partial charge in [0.15, 0.2) is 6.61 Å². The van der Waals surface area contributed by atoms with Gasteiger partial charge >= 0.3 is 0 Å². The summed E-state index contributed by atoms with van der Waals surface area (Å²) in [7, 11) is 0. The molecular weight excluding hydrogens is 354 g/mol. The fourth-order valence-electron chi connectivity index (χ4n) is 2.12. The molecule has 5 heteroatoms. The smallest absolute Gasteiger partial charge is 0.202 e. The summed E-state index contributed by atoms with van der Waals surface area (Å²) in [5, 5.41) is 1.36. The fraction of sp³-hybridized carbons (Fsp3) is 0.0625. The molecule has 0 unspecified atom stereocenters. The number of aromatic nitrogens is 1. The molecule has 0 aliphatic carbocycles. The van der Waals surface area contributed by atoms with Crippen molar-refractivity contribution in [2.75, 3.05) is 6.61 Å². The van der Waals surface area contributed by atoms with E-state index in [1.165, 1.54) is 0 Å². The molecule has 3 nitrogen and oxygen atoms in total. The van der Waals surface area contributed by atoms with E-state index in [1.54, 1.807) is 18.3 Å². The Kier molecular flexibility index (Phi) is 3.99. The number of aromatic amines is 1. The molecule has 1 aromatic heterocycles. The van der Waals surface area contributed by atoms with Gasteiger partial charge in [0, 0.05) is 27.1 Å². The number of fused-ring (bicyclic) bond motifs is 1. The fourth-order valence-corrected chi connectivity index (χ4v) is 2.84. The number of hydrogen-bond donors (Lipinski definition) is 1. The number of ether oxygens (including phenoxy) is 1. The topological polar surface area (TPSA) is 42.1 Å². The number of halogens is 2. The second-order valence-corrected chi connectivity index (χ2v) is 5.86. The monoisotopic (exact) mass is 363 g/mol. The quantitative estimate of drug-likeness (QED) is 0.673. The van der Waals surface area contributed by atoms with Gasteiger partial charge in [-0.25, -0.2) is 0 Å². The van der Waals surface area contributed by atoms with Crippen molar-refractivity contribution in [2.24, 2.45) is 0 Å². The highest BCUT2D eigenvalue weighted by molar-refractivity contribution is 9.10. The van der Waals surface area contributed by atoms with Gasteiger partial charge in [-0.3, -0.25) is 4.79 Å². The molecule has 0 aliphatic heterocycles. The zero-order valence-electron chi connectivity index (χ0n) is 10.9. The Bertz CT molecular complexity index is 813. The largest absolute Gasteiger partial charge is 0.484 e. The second kappa shape index (κ2) is 5.92. The summed E-state index contributed by atoms with van der Waals surface area (Å²) in [4.78, 5) is 15.4. The van der Waals surface area contributed by atoms with Crippen molar-refractivity contribution in [1.82, 2.24) is 4.98 Å². The minimum atomic E-state index is -0.0913. The van der Waals surface area contributed by atoms with Gasteiger partial charge in [-0.05, 0) is 24.3 Å². The Morgan fingerprint density at radius 3 is 2.86 bits per heavy atom. The summed E-state index contributed by atoms with van der Waals surface area (Å²) < 4.78 is 6.37. The highest BCUT2D eigenvalue weighted by atomic mass is 79.9. The molecule has 0 aliphatic rings. The number of carbonyl (C=O) groups excluding carboxylic acids is 1.